The largest absolute Gasteiger partial charge is 0.493 e. The third-order valence-electron chi connectivity index (χ3n) is 4.87. The molecule has 0 saturated carbocycles. The minimum Gasteiger partial charge on any atom is -0.493 e. The summed E-state index contributed by atoms with van der Waals surface area (Å²) in [5.41, 5.74) is 2.05. The van der Waals surface area contributed by atoms with E-state index in [-0.39, 0.29) is 24.0 Å². The van der Waals surface area contributed by atoms with Crippen LogP contribution in [0.25, 0.3) is 0 Å². The van der Waals surface area contributed by atoms with E-state index in [1.54, 1.807) is 44.6 Å². The summed E-state index contributed by atoms with van der Waals surface area (Å²) >= 11 is 6.06. The standard InChI is InChI=1S/C24H25ClN2O6S/c1-16-4-6-18(13-21(16)25)27-34(29,30)20-9-7-19(8-10-20)33-15-24(28)26-14-17-5-11-22(31-2)23(12-17)32-3/h4-13,27H,14-15H2,1-3H3,(H,26,28). The van der Waals surface area contributed by atoms with Gasteiger partial charge >= 0.3 is 0 Å². The minimum absolute atomic E-state index is 0.0504. The Balaban J connectivity index is 1.53. The first-order valence-electron chi connectivity index (χ1n) is 10.2. The number of nitrogens with one attached hydrogen (secondary N) is 2. The van der Waals surface area contributed by atoms with E-state index in [9.17, 15) is 13.2 Å². The highest BCUT2D eigenvalue weighted by Crippen LogP contribution is 2.27. The molecule has 0 fully saturated rings. The molecule has 34 heavy (non-hydrogen) atoms. The van der Waals surface area contributed by atoms with Gasteiger partial charge in [0.15, 0.2) is 18.1 Å². The molecular formula is C24H25ClN2O6S. The molecular weight excluding hydrogens is 480 g/mol. The van der Waals surface area contributed by atoms with Crippen molar-refractivity contribution in [1.29, 1.82) is 0 Å². The van der Waals surface area contributed by atoms with Crippen molar-refractivity contribution in [2.75, 3.05) is 25.5 Å². The normalized spacial score (nSPS) is 10.9. The number of sulfonamides is 1. The number of ether oxygens (including phenoxy) is 3. The van der Waals surface area contributed by atoms with Crippen LogP contribution in [0.5, 0.6) is 17.2 Å². The molecule has 0 aliphatic carbocycles. The molecule has 0 bridgehead atoms. The molecule has 2 N–H and O–H groups in total. The first-order valence-corrected chi connectivity index (χ1v) is 12.1. The molecule has 1 amide bonds. The zero-order valence-corrected chi connectivity index (χ0v) is 20.5. The zero-order valence-electron chi connectivity index (χ0n) is 18.9. The zero-order chi connectivity index (χ0) is 24.7. The minimum atomic E-state index is -3.80. The van der Waals surface area contributed by atoms with E-state index in [1.165, 1.54) is 24.3 Å². The third-order valence-corrected chi connectivity index (χ3v) is 6.67. The number of carbonyl (C=O) groups excluding carboxylic acids is 1. The van der Waals surface area contributed by atoms with Gasteiger partial charge in [0.25, 0.3) is 15.9 Å². The van der Waals surface area contributed by atoms with Crippen molar-refractivity contribution < 1.29 is 27.4 Å². The van der Waals surface area contributed by atoms with Gasteiger partial charge in [-0.25, -0.2) is 8.42 Å². The van der Waals surface area contributed by atoms with E-state index in [0.29, 0.717) is 28.0 Å². The molecule has 0 heterocycles. The fourth-order valence-electron chi connectivity index (χ4n) is 2.98. The highest BCUT2D eigenvalue weighted by atomic mass is 35.5. The van der Waals surface area contributed by atoms with Crippen LogP contribution in [0.4, 0.5) is 5.69 Å². The van der Waals surface area contributed by atoms with Gasteiger partial charge in [0, 0.05) is 11.6 Å². The van der Waals surface area contributed by atoms with Crippen molar-refractivity contribution in [3.05, 3.63) is 76.8 Å². The van der Waals surface area contributed by atoms with Gasteiger partial charge in [-0.15, -0.1) is 0 Å². The van der Waals surface area contributed by atoms with Crippen LogP contribution < -0.4 is 24.2 Å². The summed E-state index contributed by atoms with van der Waals surface area (Å²) in [5, 5.41) is 3.22. The predicted octanol–water partition coefficient (Wildman–Crippen LogP) is 4.16. The summed E-state index contributed by atoms with van der Waals surface area (Å²) < 4.78 is 43.6. The third kappa shape index (κ3) is 6.55. The average molecular weight is 505 g/mol. The molecule has 3 aromatic rings. The number of methoxy groups -OCH3 is 2. The number of benzene rings is 3. The van der Waals surface area contributed by atoms with Crippen LogP contribution in [-0.2, 0) is 21.4 Å². The number of hydrogen-bond acceptors (Lipinski definition) is 6. The summed E-state index contributed by atoms with van der Waals surface area (Å²) in [6.07, 6.45) is 0. The molecule has 180 valence electrons. The summed E-state index contributed by atoms with van der Waals surface area (Å²) in [5.74, 6) is 1.20. The van der Waals surface area contributed by atoms with Gasteiger partial charge in [0.1, 0.15) is 5.75 Å². The number of hydrogen-bond donors (Lipinski definition) is 2. The number of aryl methyl sites for hydroxylation is 1. The lowest BCUT2D eigenvalue weighted by Gasteiger charge is -2.11. The molecule has 10 heteroatoms. The smallest absolute Gasteiger partial charge is 0.261 e. The van der Waals surface area contributed by atoms with E-state index < -0.39 is 10.0 Å². The van der Waals surface area contributed by atoms with Crippen molar-refractivity contribution in [3.63, 3.8) is 0 Å². The number of rotatable bonds is 10. The Morgan fingerprint density at radius 1 is 0.941 bits per heavy atom. The number of halogens is 1. The number of carbonyl (C=O) groups is 1. The number of amides is 1. The SMILES string of the molecule is COc1ccc(CNC(=O)COc2ccc(S(=O)(=O)Nc3ccc(C)c(Cl)c3)cc2)cc1OC. The topological polar surface area (TPSA) is 103 Å². The van der Waals surface area contributed by atoms with E-state index in [4.69, 9.17) is 25.8 Å². The highest BCUT2D eigenvalue weighted by molar-refractivity contribution is 7.92. The maximum atomic E-state index is 12.6. The molecule has 8 nitrogen and oxygen atoms in total. The fourth-order valence-corrected chi connectivity index (χ4v) is 4.21. The molecule has 0 saturated heterocycles. The van der Waals surface area contributed by atoms with E-state index in [2.05, 4.69) is 10.0 Å². The van der Waals surface area contributed by atoms with Crippen LogP contribution in [0.15, 0.2) is 65.6 Å². The van der Waals surface area contributed by atoms with Crippen molar-refractivity contribution in [3.8, 4) is 17.2 Å². The lowest BCUT2D eigenvalue weighted by molar-refractivity contribution is -0.123. The van der Waals surface area contributed by atoms with Gasteiger partial charge in [-0.2, -0.15) is 0 Å². The van der Waals surface area contributed by atoms with E-state index >= 15 is 0 Å². The summed E-state index contributed by atoms with van der Waals surface area (Å²) in [4.78, 5) is 12.2. The molecule has 0 aliphatic rings. The molecule has 3 aromatic carbocycles. The van der Waals surface area contributed by atoms with Crippen LogP contribution >= 0.6 is 11.6 Å². The predicted molar refractivity (Wildman–Crippen MR) is 130 cm³/mol. The summed E-state index contributed by atoms with van der Waals surface area (Å²) in [6.45, 7) is 1.89. The summed E-state index contributed by atoms with van der Waals surface area (Å²) in [7, 11) is -0.713. The molecule has 0 aromatic heterocycles. The Bertz CT molecular complexity index is 1260. The molecule has 0 unspecified atom stereocenters. The molecule has 0 radical (unpaired) electrons. The second-order valence-corrected chi connectivity index (χ2v) is 9.39. The quantitative estimate of drug-likeness (QED) is 0.429. The van der Waals surface area contributed by atoms with E-state index in [1.807, 2.05) is 13.0 Å². The fraction of sp³-hybridized carbons (Fsp3) is 0.208. The van der Waals surface area contributed by atoms with Crippen molar-refractivity contribution >= 4 is 33.2 Å². The first kappa shape index (κ1) is 25.2. The lowest BCUT2D eigenvalue weighted by Crippen LogP contribution is -2.28. The number of anilines is 1. The van der Waals surface area contributed by atoms with Crippen LogP contribution in [0, 0.1) is 6.92 Å². The van der Waals surface area contributed by atoms with Crippen LogP contribution in [-0.4, -0.2) is 35.2 Å². The van der Waals surface area contributed by atoms with Crippen molar-refractivity contribution in [1.82, 2.24) is 5.32 Å². The molecule has 3 rings (SSSR count). The van der Waals surface area contributed by atoms with Crippen LogP contribution in [0.2, 0.25) is 5.02 Å². The second kappa shape index (κ2) is 11.1. The van der Waals surface area contributed by atoms with Gasteiger partial charge in [-0.05, 0) is 66.6 Å². The Labute approximate surface area is 203 Å². The van der Waals surface area contributed by atoms with Gasteiger partial charge in [0.2, 0.25) is 0 Å². The van der Waals surface area contributed by atoms with E-state index in [0.717, 1.165) is 11.1 Å². The van der Waals surface area contributed by atoms with Gasteiger partial charge < -0.3 is 19.5 Å². The second-order valence-electron chi connectivity index (χ2n) is 7.30. The highest BCUT2D eigenvalue weighted by Gasteiger charge is 2.15. The molecule has 0 atom stereocenters. The van der Waals surface area contributed by atoms with Gasteiger partial charge in [-0.1, -0.05) is 23.7 Å². The monoisotopic (exact) mass is 504 g/mol. The Morgan fingerprint density at radius 2 is 1.65 bits per heavy atom. The Kier molecular flexibility index (Phi) is 8.25. The lowest BCUT2D eigenvalue weighted by atomic mass is 10.2. The molecule has 0 aliphatic heterocycles. The van der Waals surface area contributed by atoms with Crippen LogP contribution in [0.3, 0.4) is 0 Å². The maximum Gasteiger partial charge on any atom is 0.261 e. The Morgan fingerprint density at radius 3 is 2.29 bits per heavy atom. The Hall–Kier alpha value is -3.43. The molecule has 0 spiro atoms. The summed E-state index contributed by atoms with van der Waals surface area (Å²) in [6, 6.07) is 16.0. The van der Waals surface area contributed by atoms with Crippen LogP contribution in [0.1, 0.15) is 11.1 Å². The van der Waals surface area contributed by atoms with Crippen molar-refractivity contribution in [2.24, 2.45) is 0 Å². The van der Waals surface area contributed by atoms with Gasteiger partial charge in [-0.3, -0.25) is 9.52 Å². The van der Waals surface area contributed by atoms with Crippen molar-refractivity contribution in [2.45, 2.75) is 18.4 Å². The van der Waals surface area contributed by atoms with Gasteiger partial charge in [0.05, 0.1) is 24.8 Å². The maximum absolute atomic E-state index is 12.6. The average Bonchev–Trinajstić information content (AvgIpc) is 2.83. The first-order chi connectivity index (χ1) is 16.2.